The van der Waals surface area contributed by atoms with Crippen LogP contribution in [0, 0.1) is 12.3 Å². The van der Waals surface area contributed by atoms with Crippen LogP contribution in [0.25, 0.3) is 0 Å². The second-order valence-corrected chi connectivity index (χ2v) is 1.52. The quantitative estimate of drug-likeness (QED) is 0.503. The topological polar surface area (TPSA) is 25.8 Å². The van der Waals surface area contributed by atoms with Crippen LogP contribution in [-0.2, 0) is 6.42 Å². The molecule has 1 rings (SSSR count). The fourth-order valence-corrected chi connectivity index (χ4v) is 0.500. The minimum atomic E-state index is 0.404. The zero-order valence-corrected chi connectivity index (χ0v) is 4.83. The van der Waals surface area contributed by atoms with E-state index in [9.17, 15) is 0 Å². The smallest absolute Gasteiger partial charge is 0.140 e. The van der Waals surface area contributed by atoms with Gasteiger partial charge in [0.05, 0.1) is 6.42 Å². The molecule has 0 saturated carbocycles. The van der Waals surface area contributed by atoms with Gasteiger partial charge in [-0.15, -0.1) is 0 Å². The van der Waals surface area contributed by atoms with Crippen LogP contribution in [0.3, 0.4) is 0 Å². The van der Waals surface area contributed by atoms with Crippen molar-refractivity contribution in [2.24, 2.45) is 0 Å². The molecular weight excluding hydrogens is 112 g/mol. The summed E-state index contributed by atoms with van der Waals surface area (Å²) in [6.07, 6.45) is 10.3. The summed E-state index contributed by atoms with van der Waals surface area (Å²) in [7, 11) is 0. The molecular formula is C7H5N2. The minimum absolute atomic E-state index is 0.404. The summed E-state index contributed by atoms with van der Waals surface area (Å²) >= 11 is 0. The van der Waals surface area contributed by atoms with Crippen molar-refractivity contribution in [2.45, 2.75) is 6.42 Å². The van der Waals surface area contributed by atoms with Crippen molar-refractivity contribution in [1.29, 1.82) is 0 Å². The first-order chi connectivity index (χ1) is 4.43. The molecule has 9 heavy (non-hydrogen) atoms. The highest BCUT2D eigenvalue weighted by Crippen LogP contribution is 1.85. The Labute approximate surface area is 54.0 Å². The van der Waals surface area contributed by atoms with Crippen LogP contribution in [0.4, 0.5) is 0 Å². The van der Waals surface area contributed by atoms with E-state index < -0.39 is 0 Å². The maximum absolute atomic E-state index is 6.61. The Hall–Kier alpha value is -1.36. The van der Waals surface area contributed by atoms with Crippen molar-refractivity contribution in [3.63, 3.8) is 0 Å². The standard InChI is InChI=1S/C7H5N2/c1-2-4-7-8-5-3-6-9-7/h3,5-6H,4H2. The zero-order valence-electron chi connectivity index (χ0n) is 4.83. The molecule has 0 aliphatic heterocycles. The maximum Gasteiger partial charge on any atom is 0.140 e. The van der Waals surface area contributed by atoms with Crippen LogP contribution in [0.15, 0.2) is 18.5 Å². The second kappa shape index (κ2) is 2.83. The van der Waals surface area contributed by atoms with Gasteiger partial charge in [0.25, 0.3) is 0 Å². The van der Waals surface area contributed by atoms with Gasteiger partial charge in [0.1, 0.15) is 5.82 Å². The highest BCUT2D eigenvalue weighted by Gasteiger charge is 1.86. The van der Waals surface area contributed by atoms with E-state index in [1.54, 1.807) is 18.5 Å². The second-order valence-electron chi connectivity index (χ2n) is 1.52. The fourth-order valence-electron chi connectivity index (χ4n) is 0.500. The van der Waals surface area contributed by atoms with Gasteiger partial charge in [-0.1, -0.05) is 5.92 Å². The van der Waals surface area contributed by atoms with Gasteiger partial charge in [-0.3, -0.25) is 0 Å². The lowest BCUT2D eigenvalue weighted by atomic mass is 10.4. The summed E-state index contributed by atoms with van der Waals surface area (Å²) in [6, 6.07) is 1.74. The van der Waals surface area contributed by atoms with Crippen LogP contribution in [0.5, 0.6) is 0 Å². The third kappa shape index (κ3) is 1.54. The molecule has 1 heterocycles. The molecule has 0 atom stereocenters. The third-order valence-corrected chi connectivity index (χ3v) is 0.866. The Morgan fingerprint density at radius 3 is 2.67 bits per heavy atom. The molecule has 1 aromatic rings. The van der Waals surface area contributed by atoms with Crippen molar-refractivity contribution in [2.75, 3.05) is 0 Å². The van der Waals surface area contributed by atoms with Crippen molar-refractivity contribution in [3.05, 3.63) is 30.7 Å². The number of rotatable bonds is 1. The fraction of sp³-hybridized carbons (Fsp3) is 0.143. The molecule has 0 amide bonds. The third-order valence-electron chi connectivity index (χ3n) is 0.866. The highest BCUT2D eigenvalue weighted by atomic mass is 14.8. The lowest BCUT2D eigenvalue weighted by Crippen LogP contribution is -1.89. The molecule has 0 spiro atoms. The Morgan fingerprint density at radius 2 is 2.11 bits per heavy atom. The molecule has 0 bridgehead atoms. The lowest BCUT2D eigenvalue weighted by Gasteiger charge is -1.87. The largest absolute Gasteiger partial charge is 0.240 e. The first kappa shape index (κ1) is 5.77. The minimum Gasteiger partial charge on any atom is -0.240 e. The Balaban J connectivity index is 2.76. The molecule has 1 aromatic heterocycles. The highest BCUT2D eigenvalue weighted by molar-refractivity contribution is 4.96. The molecule has 1 radical (unpaired) electrons. The molecule has 0 aliphatic carbocycles. The van der Waals surface area contributed by atoms with E-state index in [0.717, 1.165) is 0 Å². The first-order valence-electron chi connectivity index (χ1n) is 2.59. The number of aromatic nitrogens is 2. The molecule has 0 aromatic carbocycles. The molecule has 2 heteroatoms. The molecule has 2 nitrogen and oxygen atoms in total. The summed E-state index contributed by atoms with van der Waals surface area (Å²) in [5, 5.41) is 0. The summed E-state index contributed by atoms with van der Waals surface area (Å²) in [5.41, 5.74) is 0. The van der Waals surface area contributed by atoms with Gasteiger partial charge in [0.2, 0.25) is 0 Å². The SMILES string of the molecule is [C]#CCc1ncccn1. The van der Waals surface area contributed by atoms with Crippen LogP contribution < -0.4 is 0 Å². The van der Waals surface area contributed by atoms with E-state index in [4.69, 9.17) is 6.42 Å². The van der Waals surface area contributed by atoms with Crippen LogP contribution in [-0.4, -0.2) is 9.97 Å². The van der Waals surface area contributed by atoms with Gasteiger partial charge in [0.15, 0.2) is 0 Å². The maximum atomic E-state index is 6.61. The molecule has 0 aliphatic rings. The predicted octanol–water partition coefficient (Wildman–Crippen LogP) is 0.609. The summed E-state index contributed by atoms with van der Waals surface area (Å²) < 4.78 is 0. The predicted molar refractivity (Wildman–Crippen MR) is 32.9 cm³/mol. The Bertz CT molecular complexity index is 210. The lowest BCUT2D eigenvalue weighted by molar-refractivity contribution is 1.00. The van der Waals surface area contributed by atoms with E-state index >= 15 is 0 Å². The van der Waals surface area contributed by atoms with E-state index in [1.165, 1.54) is 0 Å². The van der Waals surface area contributed by atoms with E-state index in [-0.39, 0.29) is 0 Å². The summed E-state index contributed by atoms with van der Waals surface area (Å²) in [5.74, 6) is 2.85. The van der Waals surface area contributed by atoms with E-state index in [2.05, 4.69) is 15.9 Å². The molecule has 0 unspecified atom stereocenters. The van der Waals surface area contributed by atoms with Crippen molar-refractivity contribution < 1.29 is 0 Å². The van der Waals surface area contributed by atoms with Crippen LogP contribution >= 0.6 is 0 Å². The average molecular weight is 117 g/mol. The zero-order chi connectivity index (χ0) is 6.53. The van der Waals surface area contributed by atoms with Gasteiger partial charge >= 0.3 is 0 Å². The molecule has 0 saturated heterocycles. The summed E-state index contributed by atoms with van der Waals surface area (Å²) in [4.78, 5) is 7.75. The monoisotopic (exact) mass is 117 g/mol. The Kier molecular flexibility index (Phi) is 1.81. The number of hydrogen-bond acceptors (Lipinski definition) is 2. The normalized spacial score (nSPS) is 8.33. The number of nitrogens with zero attached hydrogens (tertiary/aromatic N) is 2. The van der Waals surface area contributed by atoms with Crippen molar-refractivity contribution in [3.8, 4) is 5.92 Å². The van der Waals surface area contributed by atoms with Gasteiger partial charge in [-0.2, -0.15) is 0 Å². The van der Waals surface area contributed by atoms with Gasteiger partial charge in [-0.25, -0.2) is 9.97 Å². The average Bonchev–Trinajstić information content (AvgIpc) is 1.91. The van der Waals surface area contributed by atoms with E-state index in [0.29, 0.717) is 12.2 Å². The molecule has 0 fully saturated rings. The first-order valence-corrected chi connectivity index (χ1v) is 2.59. The molecule has 0 N–H and O–H groups in total. The Morgan fingerprint density at radius 1 is 1.44 bits per heavy atom. The number of hydrogen-bond donors (Lipinski definition) is 0. The van der Waals surface area contributed by atoms with E-state index in [1.807, 2.05) is 0 Å². The van der Waals surface area contributed by atoms with Gasteiger partial charge < -0.3 is 0 Å². The van der Waals surface area contributed by atoms with Crippen LogP contribution in [0.2, 0.25) is 0 Å². The van der Waals surface area contributed by atoms with Crippen molar-refractivity contribution in [1.82, 2.24) is 9.97 Å². The molecule has 43 valence electrons. The van der Waals surface area contributed by atoms with Crippen molar-refractivity contribution >= 4 is 0 Å². The summed E-state index contributed by atoms with van der Waals surface area (Å²) in [6.45, 7) is 0. The van der Waals surface area contributed by atoms with Gasteiger partial charge in [-0.05, 0) is 12.5 Å². The van der Waals surface area contributed by atoms with Gasteiger partial charge in [0, 0.05) is 12.4 Å². The van der Waals surface area contributed by atoms with Crippen LogP contribution in [0.1, 0.15) is 5.82 Å².